The van der Waals surface area contributed by atoms with Crippen molar-refractivity contribution in [3.8, 4) is 11.5 Å². The van der Waals surface area contributed by atoms with E-state index in [1.54, 1.807) is 22.8 Å². The summed E-state index contributed by atoms with van der Waals surface area (Å²) in [5.74, 6) is -0.120. The van der Waals surface area contributed by atoms with Crippen LogP contribution in [-0.4, -0.2) is 16.3 Å². The largest absolute Gasteiger partial charge is 0.504 e. The predicted octanol–water partition coefficient (Wildman–Crippen LogP) is 5.16. The summed E-state index contributed by atoms with van der Waals surface area (Å²) in [6.07, 6.45) is 7.90. The van der Waals surface area contributed by atoms with Crippen LogP contribution in [0.15, 0.2) is 46.3 Å². The van der Waals surface area contributed by atoms with Gasteiger partial charge in [0.15, 0.2) is 5.75 Å². The molecule has 0 amide bonds. The Balaban J connectivity index is 2.30. The molecule has 0 radical (unpaired) electrons. The molecular weight excluding hydrogens is 352 g/mol. The van der Waals surface area contributed by atoms with Crippen LogP contribution in [0, 0.1) is 0 Å². The third-order valence-electron chi connectivity index (χ3n) is 4.71. The molecule has 1 heterocycles. The zero-order valence-corrected chi connectivity index (χ0v) is 17.4. The standard InChI is InChI=1S/C23H32N2O3/c1-5-6-13-25-20-15-18(24)10-11-19(20)21(26)22(23(25)27)28-14-12-17(4)9-7-8-16(2)3/h8,10-12,15,26H,5-7,9,13-14,24H2,1-4H3. The number of unbranched alkanes of at least 4 members (excludes halogenated alkanes) is 1. The Morgan fingerprint density at radius 1 is 1.25 bits per heavy atom. The van der Waals surface area contributed by atoms with E-state index in [1.165, 1.54) is 11.1 Å². The molecule has 3 N–H and O–H groups in total. The quantitative estimate of drug-likeness (QED) is 0.462. The van der Waals surface area contributed by atoms with Gasteiger partial charge in [0.1, 0.15) is 6.61 Å². The molecule has 0 spiro atoms. The van der Waals surface area contributed by atoms with Gasteiger partial charge in [-0.05, 0) is 64.3 Å². The smallest absolute Gasteiger partial charge is 0.297 e. The SMILES string of the molecule is CCCCn1c(=O)c(OCC=C(C)CCC=C(C)C)c(O)c2ccc(N)cc21. The van der Waals surface area contributed by atoms with Gasteiger partial charge in [0.2, 0.25) is 5.75 Å². The van der Waals surface area contributed by atoms with Gasteiger partial charge in [-0.3, -0.25) is 4.79 Å². The topological polar surface area (TPSA) is 77.5 Å². The summed E-state index contributed by atoms with van der Waals surface area (Å²) in [6, 6.07) is 5.17. The monoisotopic (exact) mass is 384 g/mol. The number of hydrogen-bond donors (Lipinski definition) is 2. The van der Waals surface area contributed by atoms with Crippen LogP contribution in [0.4, 0.5) is 5.69 Å². The highest BCUT2D eigenvalue weighted by Crippen LogP contribution is 2.32. The average Bonchev–Trinajstić information content (AvgIpc) is 2.64. The molecule has 5 nitrogen and oxygen atoms in total. The van der Waals surface area contributed by atoms with Crippen LogP contribution in [0.1, 0.15) is 53.4 Å². The molecule has 1 aromatic carbocycles. The van der Waals surface area contributed by atoms with Gasteiger partial charge in [0.05, 0.1) is 5.52 Å². The number of benzene rings is 1. The minimum Gasteiger partial charge on any atom is -0.504 e. The van der Waals surface area contributed by atoms with Crippen molar-refractivity contribution >= 4 is 16.6 Å². The maximum absolute atomic E-state index is 13.0. The lowest BCUT2D eigenvalue weighted by atomic mass is 10.1. The summed E-state index contributed by atoms with van der Waals surface area (Å²) in [6.45, 7) is 9.10. The van der Waals surface area contributed by atoms with Crippen molar-refractivity contribution in [1.29, 1.82) is 0 Å². The summed E-state index contributed by atoms with van der Waals surface area (Å²) >= 11 is 0. The molecule has 0 aliphatic heterocycles. The van der Waals surface area contributed by atoms with E-state index in [2.05, 4.69) is 26.8 Å². The highest BCUT2D eigenvalue weighted by Gasteiger charge is 2.17. The molecule has 0 fully saturated rings. The molecule has 2 aromatic rings. The molecule has 28 heavy (non-hydrogen) atoms. The number of aromatic hydroxyl groups is 1. The molecule has 2 rings (SSSR count). The van der Waals surface area contributed by atoms with Crippen molar-refractivity contribution in [3.63, 3.8) is 0 Å². The van der Waals surface area contributed by atoms with E-state index in [9.17, 15) is 9.90 Å². The van der Waals surface area contributed by atoms with Gasteiger partial charge in [0.25, 0.3) is 5.56 Å². The van der Waals surface area contributed by atoms with E-state index >= 15 is 0 Å². The lowest BCUT2D eigenvalue weighted by molar-refractivity contribution is 0.328. The van der Waals surface area contributed by atoms with Gasteiger partial charge in [0, 0.05) is 17.6 Å². The Bertz CT molecular complexity index is 935. The van der Waals surface area contributed by atoms with E-state index in [0.717, 1.165) is 25.7 Å². The molecular formula is C23H32N2O3. The minimum atomic E-state index is -0.320. The van der Waals surface area contributed by atoms with Gasteiger partial charge in [-0.1, -0.05) is 30.6 Å². The van der Waals surface area contributed by atoms with E-state index in [0.29, 0.717) is 23.1 Å². The second-order valence-electron chi connectivity index (χ2n) is 7.45. The maximum Gasteiger partial charge on any atom is 0.297 e. The zero-order chi connectivity index (χ0) is 20.7. The summed E-state index contributed by atoms with van der Waals surface area (Å²) < 4.78 is 7.37. The van der Waals surface area contributed by atoms with Crippen molar-refractivity contribution in [2.45, 2.75) is 59.9 Å². The van der Waals surface area contributed by atoms with Crippen LogP contribution in [0.3, 0.4) is 0 Å². The van der Waals surface area contributed by atoms with Crippen LogP contribution >= 0.6 is 0 Å². The Kier molecular flexibility index (Phi) is 7.73. The number of nitrogen functional groups attached to an aromatic ring is 1. The number of aryl methyl sites for hydroxylation is 1. The van der Waals surface area contributed by atoms with Gasteiger partial charge < -0.3 is 20.1 Å². The Labute approximate surface area is 167 Å². The molecule has 0 bridgehead atoms. The minimum absolute atomic E-state index is 0.00160. The van der Waals surface area contributed by atoms with E-state index < -0.39 is 0 Å². The number of allylic oxidation sites excluding steroid dienone is 3. The van der Waals surface area contributed by atoms with Crippen molar-refractivity contribution in [3.05, 3.63) is 51.9 Å². The number of hydrogen-bond acceptors (Lipinski definition) is 4. The molecule has 0 unspecified atom stereocenters. The molecule has 0 saturated heterocycles. The van der Waals surface area contributed by atoms with Gasteiger partial charge in [-0.25, -0.2) is 0 Å². The number of nitrogens with two attached hydrogens (primary N) is 1. The molecule has 1 aromatic heterocycles. The molecule has 152 valence electrons. The first-order chi connectivity index (χ1) is 13.3. The van der Waals surface area contributed by atoms with E-state index in [4.69, 9.17) is 10.5 Å². The first kappa shape index (κ1) is 21.6. The van der Waals surface area contributed by atoms with E-state index in [1.807, 2.05) is 13.0 Å². The number of aromatic nitrogens is 1. The van der Waals surface area contributed by atoms with Crippen LogP contribution < -0.4 is 16.0 Å². The summed E-state index contributed by atoms with van der Waals surface area (Å²) in [5.41, 5.74) is 9.26. The average molecular weight is 385 g/mol. The summed E-state index contributed by atoms with van der Waals surface area (Å²) in [4.78, 5) is 13.0. The Morgan fingerprint density at radius 3 is 2.68 bits per heavy atom. The van der Waals surface area contributed by atoms with Gasteiger partial charge >= 0.3 is 0 Å². The number of ether oxygens (including phenoxy) is 1. The highest BCUT2D eigenvalue weighted by molar-refractivity contribution is 5.89. The van der Waals surface area contributed by atoms with E-state index in [-0.39, 0.29) is 23.7 Å². The first-order valence-electron chi connectivity index (χ1n) is 9.92. The lowest BCUT2D eigenvalue weighted by Crippen LogP contribution is -2.23. The molecule has 5 heteroatoms. The lowest BCUT2D eigenvalue weighted by Gasteiger charge is -2.15. The number of nitrogens with zero attached hydrogens (tertiary/aromatic N) is 1. The normalized spacial score (nSPS) is 11.6. The predicted molar refractivity (Wildman–Crippen MR) is 117 cm³/mol. The number of anilines is 1. The van der Waals surface area contributed by atoms with Gasteiger partial charge in [-0.15, -0.1) is 0 Å². The molecule has 0 saturated carbocycles. The fraction of sp³-hybridized carbons (Fsp3) is 0.435. The number of rotatable bonds is 9. The number of pyridine rings is 1. The van der Waals surface area contributed by atoms with Crippen LogP contribution in [-0.2, 0) is 6.54 Å². The zero-order valence-electron chi connectivity index (χ0n) is 17.4. The molecule has 0 aliphatic carbocycles. The number of fused-ring (bicyclic) bond motifs is 1. The highest BCUT2D eigenvalue weighted by atomic mass is 16.5. The van der Waals surface area contributed by atoms with Crippen LogP contribution in [0.25, 0.3) is 10.9 Å². The fourth-order valence-corrected chi connectivity index (χ4v) is 3.05. The molecule has 0 aliphatic rings. The van der Waals surface area contributed by atoms with Crippen LogP contribution in [0.5, 0.6) is 11.5 Å². The fourth-order valence-electron chi connectivity index (χ4n) is 3.05. The third-order valence-corrected chi connectivity index (χ3v) is 4.71. The van der Waals surface area contributed by atoms with Crippen molar-refractivity contribution in [1.82, 2.24) is 4.57 Å². The first-order valence-corrected chi connectivity index (χ1v) is 9.92. The Hall–Kier alpha value is -2.69. The summed E-state index contributed by atoms with van der Waals surface area (Å²) in [7, 11) is 0. The Morgan fingerprint density at radius 2 is 2.00 bits per heavy atom. The van der Waals surface area contributed by atoms with Gasteiger partial charge in [-0.2, -0.15) is 0 Å². The van der Waals surface area contributed by atoms with Crippen molar-refractivity contribution in [2.75, 3.05) is 12.3 Å². The van der Waals surface area contributed by atoms with Crippen molar-refractivity contribution in [2.24, 2.45) is 0 Å². The second-order valence-corrected chi connectivity index (χ2v) is 7.45. The molecule has 0 atom stereocenters. The summed E-state index contributed by atoms with van der Waals surface area (Å²) in [5, 5.41) is 11.2. The van der Waals surface area contributed by atoms with Crippen molar-refractivity contribution < 1.29 is 9.84 Å². The third kappa shape index (κ3) is 5.41. The second kappa shape index (κ2) is 10.0. The van der Waals surface area contributed by atoms with Crippen LogP contribution in [0.2, 0.25) is 0 Å². The maximum atomic E-state index is 13.0.